The molecule has 4 heteroatoms. The van der Waals surface area contributed by atoms with Gasteiger partial charge in [0, 0.05) is 12.4 Å². The second-order valence-electron chi connectivity index (χ2n) is 1.72. The summed E-state index contributed by atoms with van der Waals surface area (Å²) in [5.41, 5.74) is 0.512. The van der Waals surface area contributed by atoms with Gasteiger partial charge in [-0.1, -0.05) is 6.92 Å². The number of aromatic amines is 1. The molecule has 1 rings (SSSR count). The molecule has 1 aromatic heterocycles. The summed E-state index contributed by atoms with van der Waals surface area (Å²) in [6.45, 7) is 1.90. The molecule has 0 bridgehead atoms. The Morgan fingerprint density at radius 3 is 2.80 bits per heavy atom. The minimum Gasteiger partial charge on any atom is -0.326 e. The summed E-state index contributed by atoms with van der Waals surface area (Å²) >= 11 is 0. The zero-order chi connectivity index (χ0) is 6.69. The number of rotatable bonds is 1. The van der Waals surface area contributed by atoms with E-state index in [1.54, 1.807) is 6.20 Å². The van der Waals surface area contributed by atoms with Crippen molar-refractivity contribution in [3.63, 3.8) is 0 Å². The Morgan fingerprint density at radius 2 is 2.40 bits per heavy atom. The molecule has 0 amide bonds. The molecule has 10 heavy (non-hydrogen) atoms. The van der Waals surface area contributed by atoms with Crippen LogP contribution in [0.25, 0.3) is 0 Å². The van der Waals surface area contributed by atoms with E-state index in [1.807, 2.05) is 6.92 Å². The zero-order valence-electron chi connectivity index (χ0n) is 5.63. The third-order valence-electron chi connectivity index (χ3n) is 1.12. The van der Waals surface area contributed by atoms with Gasteiger partial charge in [-0.3, -0.25) is 9.78 Å². The molecule has 0 aliphatic rings. The number of nitrogens with zero attached hydrogens (tertiary/aromatic N) is 1. The molecule has 0 unspecified atom stereocenters. The van der Waals surface area contributed by atoms with E-state index in [4.69, 9.17) is 0 Å². The smallest absolute Gasteiger partial charge is 0.269 e. The van der Waals surface area contributed by atoms with Gasteiger partial charge in [0.15, 0.2) is 0 Å². The van der Waals surface area contributed by atoms with E-state index in [-0.39, 0.29) is 18.0 Å². The predicted octanol–water partition coefficient (Wildman–Crippen LogP) is 0.754. The van der Waals surface area contributed by atoms with Gasteiger partial charge in [0.2, 0.25) is 0 Å². The van der Waals surface area contributed by atoms with E-state index in [1.165, 1.54) is 6.20 Å². The number of aromatic nitrogens is 2. The maximum atomic E-state index is 10.7. The van der Waals surface area contributed by atoms with Gasteiger partial charge in [0.1, 0.15) is 5.69 Å². The van der Waals surface area contributed by atoms with Crippen molar-refractivity contribution in [2.75, 3.05) is 0 Å². The SMILES string of the molecule is CCc1ncc[nH]c1=O.Cl. The highest BCUT2D eigenvalue weighted by atomic mass is 35.5. The highest BCUT2D eigenvalue weighted by Crippen LogP contribution is 1.80. The molecule has 0 saturated carbocycles. The summed E-state index contributed by atoms with van der Waals surface area (Å²) in [6, 6.07) is 0. The minimum absolute atomic E-state index is 0. The van der Waals surface area contributed by atoms with E-state index in [2.05, 4.69) is 9.97 Å². The highest BCUT2D eigenvalue weighted by molar-refractivity contribution is 5.85. The van der Waals surface area contributed by atoms with Gasteiger partial charge in [-0.15, -0.1) is 12.4 Å². The fourth-order valence-corrected chi connectivity index (χ4v) is 0.634. The van der Waals surface area contributed by atoms with Gasteiger partial charge in [0.25, 0.3) is 5.56 Å². The third kappa shape index (κ3) is 1.84. The van der Waals surface area contributed by atoms with Crippen molar-refractivity contribution >= 4 is 12.4 Å². The lowest BCUT2D eigenvalue weighted by atomic mass is 10.3. The summed E-state index contributed by atoms with van der Waals surface area (Å²) in [7, 11) is 0. The van der Waals surface area contributed by atoms with Crippen molar-refractivity contribution in [1.29, 1.82) is 0 Å². The van der Waals surface area contributed by atoms with Gasteiger partial charge < -0.3 is 4.98 Å². The molecular weight excluding hydrogens is 152 g/mol. The maximum absolute atomic E-state index is 10.7. The first-order valence-electron chi connectivity index (χ1n) is 2.87. The van der Waals surface area contributed by atoms with Crippen molar-refractivity contribution in [2.24, 2.45) is 0 Å². The average molecular weight is 161 g/mol. The second-order valence-corrected chi connectivity index (χ2v) is 1.72. The monoisotopic (exact) mass is 160 g/mol. The zero-order valence-corrected chi connectivity index (χ0v) is 6.44. The molecule has 1 N–H and O–H groups in total. The Morgan fingerprint density at radius 1 is 1.70 bits per heavy atom. The Bertz CT molecular complexity index is 246. The number of halogens is 1. The fourth-order valence-electron chi connectivity index (χ4n) is 0.634. The Labute approximate surface area is 64.9 Å². The van der Waals surface area contributed by atoms with Gasteiger partial charge in [-0.05, 0) is 6.42 Å². The first-order valence-corrected chi connectivity index (χ1v) is 2.87. The number of aryl methyl sites for hydroxylation is 1. The highest BCUT2D eigenvalue weighted by Gasteiger charge is 1.92. The number of nitrogens with one attached hydrogen (secondary N) is 1. The van der Waals surface area contributed by atoms with Gasteiger partial charge in [-0.25, -0.2) is 0 Å². The third-order valence-corrected chi connectivity index (χ3v) is 1.12. The van der Waals surface area contributed by atoms with Crippen molar-refractivity contribution in [3.05, 3.63) is 28.4 Å². The largest absolute Gasteiger partial charge is 0.326 e. The van der Waals surface area contributed by atoms with Crippen LogP contribution in [0.2, 0.25) is 0 Å². The summed E-state index contributed by atoms with van der Waals surface area (Å²) in [5.74, 6) is 0. The summed E-state index contributed by atoms with van der Waals surface area (Å²) in [6.07, 6.45) is 3.80. The standard InChI is InChI=1S/C6H8N2O.ClH/c1-2-5-6(9)8-4-3-7-5;/h3-4H,2H2,1H3,(H,8,9);1H. The summed E-state index contributed by atoms with van der Waals surface area (Å²) in [5, 5.41) is 0. The quantitative estimate of drug-likeness (QED) is 0.659. The molecule has 0 atom stereocenters. The van der Waals surface area contributed by atoms with Crippen LogP contribution in [-0.4, -0.2) is 9.97 Å². The molecular formula is C6H9ClN2O. The van der Waals surface area contributed by atoms with Crippen LogP contribution in [0.1, 0.15) is 12.6 Å². The van der Waals surface area contributed by atoms with E-state index >= 15 is 0 Å². The summed E-state index contributed by atoms with van der Waals surface area (Å²) in [4.78, 5) is 17.1. The van der Waals surface area contributed by atoms with E-state index in [0.29, 0.717) is 12.1 Å². The topological polar surface area (TPSA) is 45.8 Å². The number of H-pyrrole nitrogens is 1. The van der Waals surface area contributed by atoms with Crippen LogP contribution >= 0.6 is 12.4 Å². The van der Waals surface area contributed by atoms with Crippen LogP contribution in [-0.2, 0) is 6.42 Å². The average Bonchev–Trinajstić information content (AvgIpc) is 1.89. The lowest BCUT2D eigenvalue weighted by Gasteiger charge is -1.88. The van der Waals surface area contributed by atoms with Crippen molar-refractivity contribution in [2.45, 2.75) is 13.3 Å². The van der Waals surface area contributed by atoms with Crippen LogP contribution in [0.4, 0.5) is 0 Å². The van der Waals surface area contributed by atoms with Crippen LogP contribution in [0, 0.1) is 0 Å². The molecule has 1 heterocycles. The fraction of sp³-hybridized carbons (Fsp3) is 0.333. The molecule has 0 fully saturated rings. The van der Waals surface area contributed by atoms with Crippen LogP contribution in [0.5, 0.6) is 0 Å². The number of hydrogen-bond acceptors (Lipinski definition) is 2. The maximum Gasteiger partial charge on any atom is 0.269 e. The van der Waals surface area contributed by atoms with E-state index in [9.17, 15) is 4.79 Å². The molecule has 0 radical (unpaired) electrons. The lowest BCUT2D eigenvalue weighted by molar-refractivity contribution is 0.964. The van der Waals surface area contributed by atoms with Crippen LogP contribution in [0.3, 0.4) is 0 Å². The Hall–Kier alpha value is -0.830. The van der Waals surface area contributed by atoms with Gasteiger partial charge >= 0.3 is 0 Å². The predicted molar refractivity (Wildman–Crippen MR) is 41.5 cm³/mol. The van der Waals surface area contributed by atoms with Crippen molar-refractivity contribution in [1.82, 2.24) is 9.97 Å². The lowest BCUT2D eigenvalue weighted by Crippen LogP contribution is -2.12. The normalized spacial score (nSPS) is 8.50. The molecule has 0 aromatic carbocycles. The first-order chi connectivity index (χ1) is 4.34. The second kappa shape index (κ2) is 4.06. The summed E-state index contributed by atoms with van der Waals surface area (Å²) < 4.78 is 0. The van der Waals surface area contributed by atoms with Crippen LogP contribution in [0.15, 0.2) is 17.2 Å². The van der Waals surface area contributed by atoms with Crippen LogP contribution < -0.4 is 5.56 Å². The minimum atomic E-state index is -0.0833. The van der Waals surface area contributed by atoms with E-state index in [0.717, 1.165) is 0 Å². The molecule has 56 valence electrons. The molecule has 0 aliphatic heterocycles. The molecule has 1 aromatic rings. The van der Waals surface area contributed by atoms with Gasteiger partial charge in [-0.2, -0.15) is 0 Å². The van der Waals surface area contributed by atoms with E-state index < -0.39 is 0 Å². The van der Waals surface area contributed by atoms with Gasteiger partial charge in [0.05, 0.1) is 0 Å². The van der Waals surface area contributed by atoms with Crippen molar-refractivity contribution < 1.29 is 0 Å². The number of hydrogen-bond donors (Lipinski definition) is 1. The Balaban J connectivity index is 0.000000810. The van der Waals surface area contributed by atoms with Crippen molar-refractivity contribution in [3.8, 4) is 0 Å². The molecule has 0 spiro atoms. The first kappa shape index (κ1) is 9.17. The molecule has 0 saturated heterocycles. The Kier molecular flexibility index (Phi) is 3.72. The molecule has 3 nitrogen and oxygen atoms in total. The molecule has 0 aliphatic carbocycles.